The highest BCUT2D eigenvalue weighted by Gasteiger charge is 2.09. The normalized spacial score (nSPS) is 11.3. The summed E-state index contributed by atoms with van der Waals surface area (Å²) in [5.74, 6) is 1.79. The average molecular weight is 419 g/mol. The first-order chi connectivity index (χ1) is 13.2. The van der Waals surface area contributed by atoms with Gasteiger partial charge in [-0.15, -0.1) is 0 Å². The van der Waals surface area contributed by atoms with Crippen LogP contribution in [-0.2, 0) is 6.54 Å². The molecule has 1 heterocycles. The van der Waals surface area contributed by atoms with Gasteiger partial charge in [0, 0.05) is 11.0 Å². The Balaban J connectivity index is 1.71. The minimum Gasteiger partial charge on any atom is -0.497 e. The molecule has 0 radical (unpaired) electrons. The van der Waals surface area contributed by atoms with Gasteiger partial charge in [-0.1, -0.05) is 58.4 Å². The van der Waals surface area contributed by atoms with Gasteiger partial charge in [-0.25, -0.2) is 4.98 Å². The fraction of sp³-hybridized carbons (Fsp3) is 0.0870. The largest absolute Gasteiger partial charge is 0.497 e. The number of ether oxygens (including phenoxy) is 1. The number of nitrogens with zero attached hydrogens (tertiary/aromatic N) is 2. The second kappa shape index (κ2) is 7.80. The summed E-state index contributed by atoms with van der Waals surface area (Å²) in [7, 11) is 1.68. The van der Waals surface area contributed by atoms with Crippen LogP contribution in [0.4, 0.5) is 0 Å². The lowest BCUT2D eigenvalue weighted by Gasteiger charge is -2.08. The van der Waals surface area contributed by atoms with E-state index in [1.165, 1.54) is 5.56 Å². The fourth-order valence-corrected chi connectivity index (χ4v) is 3.54. The zero-order chi connectivity index (χ0) is 18.6. The molecule has 0 aliphatic carbocycles. The Hall–Kier alpha value is -2.85. The molecule has 4 heteroatoms. The van der Waals surface area contributed by atoms with E-state index in [1.54, 1.807) is 7.11 Å². The molecule has 0 atom stereocenters. The molecule has 0 aliphatic rings. The molecule has 4 rings (SSSR count). The standard InChI is InChI=1S/C23H19BrN2O/c1-27-20-12-9-17(10-13-20)11-14-23-25-21-7-2-3-8-22(21)26(23)16-18-5-4-6-19(24)15-18/h2-15H,16H2,1H3/b14-11+. The van der Waals surface area contributed by atoms with Crippen LogP contribution in [0.1, 0.15) is 17.0 Å². The van der Waals surface area contributed by atoms with E-state index in [2.05, 4.69) is 69.0 Å². The lowest BCUT2D eigenvalue weighted by atomic mass is 10.2. The smallest absolute Gasteiger partial charge is 0.134 e. The van der Waals surface area contributed by atoms with Crippen LogP contribution in [0.2, 0.25) is 0 Å². The second-order valence-electron chi connectivity index (χ2n) is 6.28. The SMILES string of the molecule is COc1ccc(/C=C/c2nc3ccccc3n2Cc2cccc(Br)c2)cc1. The summed E-state index contributed by atoms with van der Waals surface area (Å²) in [4.78, 5) is 4.82. The van der Waals surface area contributed by atoms with Crippen molar-refractivity contribution in [2.24, 2.45) is 0 Å². The van der Waals surface area contributed by atoms with Crippen LogP contribution in [0, 0.1) is 0 Å². The quantitative estimate of drug-likeness (QED) is 0.395. The molecule has 1 aromatic heterocycles. The van der Waals surface area contributed by atoms with Gasteiger partial charge >= 0.3 is 0 Å². The molecule has 0 N–H and O–H groups in total. The summed E-state index contributed by atoms with van der Waals surface area (Å²) in [6.45, 7) is 0.766. The maximum absolute atomic E-state index is 5.22. The number of imidazole rings is 1. The third-order valence-electron chi connectivity index (χ3n) is 4.45. The third-order valence-corrected chi connectivity index (χ3v) is 4.95. The van der Waals surface area contributed by atoms with E-state index in [0.717, 1.165) is 39.2 Å². The van der Waals surface area contributed by atoms with Crippen molar-refractivity contribution in [3.63, 3.8) is 0 Å². The van der Waals surface area contributed by atoms with Crippen LogP contribution in [0.3, 0.4) is 0 Å². The van der Waals surface area contributed by atoms with Crippen LogP contribution in [0.5, 0.6) is 5.75 Å². The Kier molecular flexibility index (Phi) is 5.07. The summed E-state index contributed by atoms with van der Waals surface area (Å²) >= 11 is 3.56. The predicted molar refractivity (Wildman–Crippen MR) is 115 cm³/mol. The fourth-order valence-electron chi connectivity index (χ4n) is 3.09. The number of halogens is 1. The van der Waals surface area contributed by atoms with Crippen LogP contribution >= 0.6 is 15.9 Å². The van der Waals surface area contributed by atoms with Crippen molar-refractivity contribution >= 4 is 39.1 Å². The molecule has 0 amide bonds. The molecule has 0 saturated carbocycles. The highest BCUT2D eigenvalue weighted by atomic mass is 79.9. The molecule has 0 aliphatic heterocycles. The van der Waals surface area contributed by atoms with Gasteiger partial charge in [-0.2, -0.15) is 0 Å². The lowest BCUT2D eigenvalue weighted by Crippen LogP contribution is -2.02. The Labute approximate surface area is 167 Å². The van der Waals surface area contributed by atoms with Crippen molar-refractivity contribution < 1.29 is 4.74 Å². The van der Waals surface area contributed by atoms with E-state index in [4.69, 9.17) is 9.72 Å². The van der Waals surface area contributed by atoms with Gasteiger partial charge in [-0.3, -0.25) is 0 Å². The first kappa shape index (κ1) is 17.6. The first-order valence-electron chi connectivity index (χ1n) is 8.75. The van der Waals surface area contributed by atoms with Crippen LogP contribution in [0.15, 0.2) is 77.3 Å². The predicted octanol–water partition coefficient (Wildman–Crippen LogP) is 6.03. The summed E-state index contributed by atoms with van der Waals surface area (Å²) in [5.41, 5.74) is 4.47. The van der Waals surface area contributed by atoms with Gasteiger partial charge in [0.2, 0.25) is 0 Å². The van der Waals surface area contributed by atoms with Crippen molar-refractivity contribution in [3.05, 3.63) is 94.2 Å². The van der Waals surface area contributed by atoms with Crippen molar-refractivity contribution in [2.45, 2.75) is 6.54 Å². The summed E-state index contributed by atoms with van der Waals surface area (Å²) in [6, 6.07) is 24.6. The number of hydrogen-bond donors (Lipinski definition) is 0. The molecule has 0 bridgehead atoms. The number of hydrogen-bond acceptors (Lipinski definition) is 2. The zero-order valence-corrected chi connectivity index (χ0v) is 16.6. The van der Waals surface area contributed by atoms with Gasteiger partial charge in [0.15, 0.2) is 0 Å². The van der Waals surface area contributed by atoms with Gasteiger partial charge in [-0.05, 0) is 53.6 Å². The van der Waals surface area contributed by atoms with Crippen LogP contribution < -0.4 is 4.74 Å². The molecular formula is C23H19BrN2O. The number of aromatic nitrogens is 2. The molecule has 3 nitrogen and oxygen atoms in total. The van der Waals surface area contributed by atoms with E-state index < -0.39 is 0 Å². The van der Waals surface area contributed by atoms with Crippen molar-refractivity contribution in [2.75, 3.05) is 7.11 Å². The Bertz CT molecular complexity index is 1100. The molecule has 0 unspecified atom stereocenters. The summed E-state index contributed by atoms with van der Waals surface area (Å²) in [5, 5.41) is 0. The van der Waals surface area contributed by atoms with Crippen molar-refractivity contribution in [1.29, 1.82) is 0 Å². The van der Waals surface area contributed by atoms with Gasteiger partial charge < -0.3 is 9.30 Å². The van der Waals surface area contributed by atoms with E-state index in [9.17, 15) is 0 Å². The van der Waals surface area contributed by atoms with E-state index >= 15 is 0 Å². The summed E-state index contributed by atoms with van der Waals surface area (Å²) < 4.78 is 8.55. The molecule has 0 saturated heterocycles. The molecule has 4 aromatic rings. The molecule has 3 aromatic carbocycles. The summed E-state index contributed by atoms with van der Waals surface area (Å²) in [6.07, 6.45) is 4.15. The molecule has 0 fully saturated rings. The van der Waals surface area contributed by atoms with Gasteiger partial charge in [0.05, 0.1) is 18.1 Å². The van der Waals surface area contributed by atoms with E-state index in [-0.39, 0.29) is 0 Å². The topological polar surface area (TPSA) is 27.1 Å². The maximum Gasteiger partial charge on any atom is 0.134 e. The first-order valence-corrected chi connectivity index (χ1v) is 9.54. The molecular weight excluding hydrogens is 400 g/mol. The van der Waals surface area contributed by atoms with Crippen molar-refractivity contribution in [1.82, 2.24) is 9.55 Å². The van der Waals surface area contributed by atoms with Gasteiger partial charge in [0.1, 0.15) is 11.6 Å². The number of para-hydroxylation sites is 2. The lowest BCUT2D eigenvalue weighted by molar-refractivity contribution is 0.415. The van der Waals surface area contributed by atoms with Crippen molar-refractivity contribution in [3.8, 4) is 5.75 Å². The number of fused-ring (bicyclic) bond motifs is 1. The van der Waals surface area contributed by atoms with Crippen LogP contribution in [-0.4, -0.2) is 16.7 Å². The Morgan fingerprint density at radius 2 is 1.78 bits per heavy atom. The molecule has 134 valence electrons. The Morgan fingerprint density at radius 3 is 2.56 bits per heavy atom. The molecule has 0 spiro atoms. The Morgan fingerprint density at radius 1 is 0.963 bits per heavy atom. The minimum absolute atomic E-state index is 0.766. The third kappa shape index (κ3) is 3.96. The highest BCUT2D eigenvalue weighted by molar-refractivity contribution is 9.10. The maximum atomic E-state index is 5.22. The number of methoxy groups -OCH3 is 1. The minimum atomic E-state index is 0.766. The average Bonchev–Trinajstić information content (AvgIpc) is 3.04. The number of rotatable bonds is 5. The van der Waals surface area contributed by atoms with Gasteiger partial charge in [0.25, 0.3) is 0 Å². The van der Waals surface area contributed by atoms with E-state index in [1.807, 2.05) is 36.4 Å². The second-order valence-corrected chi connectivity index (χ2v) is 7.20. The van der Waals surface area contributed by atoms with Crippen LogP contribution in [0.25, 0.3) is 23.2 Å². The van der Waals surface area contributed by atoms with E-state index in [0.29, 0.717) is 0 Å². The highest BCUT2D eigenvalue weighted by Crippen LogP contribution is 2.21. The monoisotopic (exact) mass is 418 g/mol. The number of benzene rings is 3. The molecule has 27 heavy (non-hydrogen) atoms. The zero-order valence-electron chi connectivity index (χ0n) is 15.0.